The first-order chi connectivity index (χ1) is 3.81. The van der Waals surface area contributed by atoms with E-state index in [1.165, 1.54) is 6.92 Å². The summed E-state index contributed by atoms with van der Waals surface area (Å²) >= 11 is 4.74. The molecule has 0 aromatic rings. The second kappa shape index (κ2) is 3.81. The van der Waals surface area contributed by atoms with Crippen LogP contribution in [0.5, 0.6) is 0 Å². The quantitative estimate of drug-likeness (QED) is 0.256. The van der Waals surface area contributed by atoms with E-state index in [0.29, 0.717) is 0 Å². The van der Waals surface area contributed by atoms with Gasteiger partial charge in [-0.05, 0) is 0 Å². The molecule has 0 rings (SSSR count). The highest BCUT2D eigenvalue weighted by molar-refractivity contribution is 6.92. The van der Waals surface area contributed by atoms with E-state index < -0.39 is 11.0 Å². The van der Waals surface area contributed by atoms with Crippen molar-refractivity contribution in [2.24, 2.45) is 0 Å². The maximum Gasteiger partial charge on any atom is 0.299 e. The summed E-state index contributed by atoms with van der Waals surface area (Å²) in [5.41, 5.74) is 0. The Hall–Kier alpha value is 0.560. The molecule has 0 aliphatic heterocycles. The molecule has 4 nitrogen and oxygen atoms in total. The Morgan fingerprint density at radius 3 is 1.50 bits per heavy atom. The highest BCUT2D eigenvalue weighted by atomic mass is 35.5. The zero-order chi connectivity index (χ0) is 7.71. The van der Waals surface area contributed by atoms with Gasteiger partial charge in [-0.1, -0.05) is 18.5 Å². The minimum Gasteiger partial charge on any atom is -0.360 e. The smallest absolute Gasteiger partial charge is 0.299 e. The molecule has 0 saturated carbocycles. The van der Waals surface area contributed by atoms with E-state index in [1.54, 1.807) is 0 Å². The lowest BCUT2D eigenvalue weighted by molar-refractivity contribution is -0.315. The summed E-state index contributed by atoms with van der Waals surface area (Å²) in [6, 6.07) is 0. The molecular formula is C4H12ClO4P. The topological polar surface area (TPSA) is 80.9 Å². The minimum absolute atomic E-state index is 0. The van der Waals surface area contributed by atoms with Crippen LogP contribution in [-0.2, 0) is 0 Å². The van der Waals surface area contributed by atoms with Crippen LogP contribution in [0.25, 0.3) is 0 Å². The average molecular weight is 191 g/mol. The fourth-order valence-corrected chi connectivity index (χ4v) is 0.359. The van der Waals surface area contributed by atoms with Gasteiger partial charge in [-0.15, -0.1) is 0 Å². The number of rotatable bonds is 2. The van der Waals surface area contributed by atoms with Crippen molar-refractivity contribution in [2.75, 3.05) is 0 Å². The third kappa shape index (κ3) is 3.10. The van der Waals surface area contributed by atoms with E-state index in [4.69, 9.17) is 32.0 Å². The standard InChI is InChI=1S/C4H9ClO4.H3P/c1-2-3(6,7)4(5,8)9;/h6-9H,2H2,1H3;1H3. The van der Waals surface area contributed by atoms with Crippen LogP contribution in [0.4, 0.5) is 0 Å². The molecule has 1 unspecified atom stereocenters. The molecule has 0 amide bonds. The largest absolute Gasteiger partial charge is 0.360 e. The fraction of sp³-hybridized carbons (Fsp3) is 1.00. The Kier molecular flexibility index (Phi) is 5.02. The second-order valence-corrected chi connectivity index (χ2v) is 2.28. The highest BCUT2D eigenvalue weighted by Gasteiger charge is 2.44. The van der Waals surface area contributed by atoms with Gasteiger partial charge in [0, 0.05) is 6.42 Å². The van der Waals surface area contributed by atoms with Crippen molar-refractivity contribution < 1.29 is 20.4 Å². The first-order valence-electron chi connectivity index (χ1n) is 2.39. The van der Waals surface area contributed by atoms with Crippen molar-refractivity contribution in [2.45, 2.75) is 24.4 Å². The molecule has 0 fully saturated rings. The molecule has 0 radical (unpaired) electrons. The summed E-state index contributed by atoms with van der Waals surface area (Å²) in [6.45, 7) is 1.35. The van der Waals surface area contributed by atoms with E-state index in [1.807, 2.05) is 0 Å². The maximum atomic E-state index is 8.58. The average Bonchev–Trinajstić information content (AvgIpc) is 1.64. The van der Waals surface area contributed by atoms with Gasteiger partial charge in [0.15, 0.2) is 0 Å². The lowest BCUT2D eigenvalue weighted by Gasteiger charge is -2.27. The van der Waals surface area contributed by atoms with E-state index in [2.05, 4.69) is 0 Å². The van der Waals surface area contributed by atoms with Crippen molar-refractivity contribution in [1.82, 2.24) is 0 Å². The lowest BCUT2D eigenvalue weighted by Crippen LogP contribution is -2.49. The maximum absolute atomic E-state index is 8.58. The number of aliphatic hydroxyl groups is 4. The Morgan fingerprint density at radius 2 is 1.50 bits per heavy atom. The fourth-order valence-electron chi connectivity index (χ4n) is 0.225. The SMILES string of the molecule is CCC(O)(O)C(O)(O)Cl.P. The molecule has 4 N–H and O–H groups in total. The van der Waals surface area contributed by atoms with Gasteiger partial charge in [0.25, 0.3) is 5.25 Å². The van der Waals surface area contributed by atoms with Crippen LogP contribution in [0, 0.1) is 0 Å². The number of halogens is 1. The Bertz CT molecular complexity index is 99.9. The van der Waals surface area contributed by atoms with Crippen LogP contribution in [0.1, 0.15) is 13.3 Å². The van der Waals surface area contributed by atoms with E-state index in [0.717, 1.165) is 0 Å². The predicted molar refractivity (Wildman–Crippen MR) is 41.6 cm³/mol. The first kappa shape index (κ1) is 13.2. The van der Waals surface area contributed by atoms with Crippen molar-refractivity contribution in [3.05, 3.63) is 0 Å². The van der Waals surface area contributed by atoms with Crippen LogP contribution < -0.4 is 0 Å². The van der Waals surface area contributed by atoms with E-state index >= 15 is 0 Å². The molecular weight excluding hydrogens is 178 g/mol. The molecule has 10 heavy (non-hydrogen) atoms. The molecule has 0 heterocycles. The first-order valence-corrected chi connectivity index (χ1v) is 2.77. The monoisotopic (exact) mass is 190 g/mol. The molecule has 0 spiro atoms. The molecule has 64 valence electrons. The Labute approximate surface area is 67.1 Å². The van der Waals surface area contributed by atoms with Gasteiger partial charge in [0.1, 0.15) is 0 Å². The molecule has 6 heteroatoms. The van der Waals surface area contributed by atoms with Crippen LogP contribution in [0.3, 0.4) is 0 Å². The highest BCUT2D eigenvalue weighted by Crippen LogP contribution is 2.23. The van der Waals surface area contributed by atoms with E-state index in [-0.39, 0.29) is 16.3 Å². The second-order valence-electron chi connectivity index (χ2n) is 1.76. The van der Waals surface area contributed by atoms with Crippen molar-refractivity contribution in [1.29, 1.82) is 0 Å². The van der Waals surface area contributed by atoms with Crippen molar-refractivity contribution >= 4 is 21.5 Å². The summed E-state index contributed by atoms with van der Waals surface area (Å²) in [6.07, 6.45) is -0.260. The number of hydrogen-bond acceptors (Lipinski definition) is 4. The third-order valence-corrected chi connectivity index (χ3v) is 1.31. The molecule has 0 aliphatic rings. The molecule has 0 bridgehead atoms. The lowest BCUT2D eigenvalue weighted by atomic mass is 10.2. The number of alkyl halides is 1. The van der Waals surface area contributed by atoms with Gasteiger partial charge < -0.3 is 20.4 Å². The summed E-state index contributed by atoms with van der Waals surface area (Å²) in [4.78, 5) is 0. The molecule has 0 aromatic heterocycles. The van der Waals surface area contributed by atoms with Gasteiger partial charge in [0.2, 0.25) is 5.79 Å². The van der Waals surface area contributed by atoms with Gasteiger partial charge in [-0.25, -0.2) is 0 Å². The minimum atomic E-state index is -2.97. The summed E-state index contributed by atoms with van der Waals surface area (Å²) in [7, 11) is 0. The summed E-state index contributed by atoms with van der Waals surface area (Å²) in [5.74, 6) is -2.64. The molecule has 0 aromatic carbocycles. The summed E-state index contributed by atoms with van der Waals surface area (Å²) < 4.78 is 0. The van der Waals surface area contributed by atoms with Crippen LogP contribution in [0.2, 0.25) is 0 Å². The van der Waals surface area contributed by atoms with Crippen molar-refractivity contribution in [3.63, 3.8) is 0 Å². The van der Waals surface area contributed by atoms with Crippen LogP contribution in [-0.4, -0.2) is 31.5 Å². The molecule has 1 atom stereocenters. The summed E-state index contributed by atoms with van der Waals surface area (Å²) in [5, 5.41) is 30.9. The van der Waals surface area contributed by atoms with Crippen LogP contribution >= 0.6 is 21.5 Å². The zero-order valence-electron chi connectivity index (χ0n) is 5.58. The zero-order valence-corrected chi connectivity index (χ0v) is 7.75. The van der Waals surface area contributed by atoms with Gasteiger partial charge in [-0.3, -0.25) is 0 Å². The van der Waals surface area contributed by atoms with E-state index in [9.17, 15) is 0 Å². The Morgan fingerprint density at radius 1 is 1.20 bits per heavy atom. The van der Waals surface area contributed by atoms with Crippen molar-refractivity contribution in [3.8, 4) is 0 Å². The van der Waals surface area contributed by atoms with Crippen LogP contribution in [0.15, 0.2) is 0 Å². The molecule has 0 saturated heterocycles. The predicted octanol–water partition coefficient (Wildman–Crippen LogP) is -0.987. The number of hydrogen-bond donors (Lipinski definition) is 4. The third-order valence-electron chi connectivity index (χ3n) is 1.00. The normalized spacial score (nSPS) is 12.6. The van der Waals surface area contributed by atoms with Gasteiger partial charge >= 0.3 is 0 Å². The van der Waals surface area contributed by atoms with Gasteiger partial charge in [0.05, 0.1) is 0 Å². The molecule has 0 aliphatic carbocycles. The van der Waals surface area contributed by atoms with Gasteiger partial charge in [-0.2, -0.15) is 9.90 Å². The Balaban J connectivity index is 0.